The number of para-hydroxylation sites is 2. The highest BCUT2D eigenvalue weighted by molar-refractivity contribution is 7.80. The van der Waals surface area contributed by atoms with Crippen molar-refractivity contribution in [2.24, 2.45) is 0 Å². The zero-order valence-corrected chi connectivity index (χ0v) is 11.5. The molecular weight excluding hydrogens is 268 g/mol. The molecule has 5 heteroatoms. The molecule has 0 atom stereocenters. The summed E-state index contributed by atoms with van der Waals surface area (Å²) in [5, 5.41) is 4.75. The molecule has 0 spiro atoms. The van der Waals surface area contributed by atoms with E-state index in [2.05, 4.69) is 27.2 Å². The van der Waals surface area contributed by atoms with Crippen molar-refractivity contribution in [3.63, 3.8) is 0 Å². The molecule has 3 rings (SSSR count). The van der Waals surface area contributed by atoms with Gasteiger partial charge >= 0.3 is 0 Å². The molecule has 0 aliphatic carbocycles. The van der Waals surface area contributed by atoms with Gasteiger partial charge in [0.2, 0.25) is 0 Å². The van der Waals surface area contributed by atoms with E-state index < -0.39 is 0 Å². The number of hydrogen-bond donors (Lipinski definition) is 4. The minimum absolute atomic E-state index is 0.509. The van der Waals surface area contributed by atoms with Gasteiger partial charge in [-0.15, -0.1) is 0 Å². The van der Waals surface area contributed by atoms with E-state index >= 15 is 0 Å². The Balaban J connectivity index is 1.60. The molecule has 2 aromatic carbocycles. The Hall–Kier alpha value is -2.53. The molecule has 3 aromatic rings. The van der Waals surface area contributed by atoms with Crippen LogP contribution in [0.3, 0.4) is 0 Å². The average molecular weight is 282 g/mol. The van der Waals surface area contributed by atoms with E-state index in [-0.39, 0.29) is 0 Å². The van der Waals surface area contributed by atoms with Gasteiger partial charge in [-0.3, -0.25) is 10.9 Å². The van der Waals surface area contributed by atoms with Crippen LogP contribution < -0.4 is 16.2 Å². The lowest BCUT2D eigenvalue weighted by Crippen LogP contribution is -2.33. The first-order valence-corrected chi connectivity index (χ1v) is 6.68. The summed E-state index contributed by atoms with van der Waals surface area (Å²) in [6.45, 7) is 0. The third-order valence-corrected chi connectivity index (χ3v) is 3.08. The van der Waals surface area contributed by atoms with Crippen LogP contribution in [0.15, 0.2) is 60.7 Å². The summed E-state index contributed by atoms with van der Waals surface area (Å²) in [6, 6.07) is 19.9. The first-order chi connectivity index (χ1) is 9.81. The van der Waals surface area contributed by atoms with Gasteiger partial charge in [0.1, 0.15) is 5.82 Å². The topological polar surface area (TPSA) is 51.9 Å². The normalized spacial score (nSPS) is 10.2. The number of nitrogens with one attached hydrogen (secondary N) is 4. The first kappa shape index (κ1) is 12.5. The summed E-state index contributed by atoms with van der Waals surface area (Å²) in [5.41, 5.74) is 8.02. The van der Waals surface area contributed by atoms with Crippen molar-refractivity contribution in [1.82, 2.24) is 10.4 Å². The quantitative estimate of drug-likeness (QED) is 0.439. The molecule has 1 heterocycles. The van der Waals surface area contributed by atoms with Crippen LogP contribution >= 0.6 is 12.2 Å². The first-order valence-electron chi connectivity index (χ1n) is 6.27. The summed E-state index contributed by atoms with van der Waals surface area (Å²) in [5.74, 6) is 0.864. The standard InChI is InChI=1S/C15H14N4S/c20-15(16-12-7-2-1-3-8-12)19-18-14-10-11-6-4-5-9-13(11)17-14/h1-10,17-18H,(H2,16,19,20). The summed E-state index contributed by atoms with van der Waals surface area (Å²) in [4.78, 5) is 3.25. The van der Waals surface area contributed by atoms with E-state index in [1.807, 2.05) is 54.6 Å². The maximum absolute atomic E-state index is 5.22. The molecule has 0 unspecified atom stereocenters. The van der Waals surface area contributed by atoms with Crippen LogP contribution in [0.1, 0.15) is 0 Å². The maximum Gasteiger partial charge on any atom is 0.189 e. The minimum atomic E-state index is 0.509. The number of hydrogen-bond acceptors (Lipinski definition) is 2. The number of aromatic nitrogens is 1. The Kier molecular flexibility index (Phi) is 3.52. The number of hydrazine groups is 1. The number of rotatable bonds is 3. The van der Waals surface area contributed by atoms with Crippen molar-refractivity contribution in [1.29, 1.82) is 0 Å². The number of benzene rings is 2. The average Bonchev–Trinajstić information content (AvgIpc) is 2.89. The number of aromatic amines is 1. The molecule has 100 valence electrons. The second kappa shape index (κ2) is 5.63. The van der Waals surface area contributed by atoms with Gasteiger partial charge in [-0.1, -0.05) is 36.4 Å². The third kappa shape index (κ3) is 2.89. The van der Waals surface area contributed by atoms with Gasteiger partial charge in [-0.05, 0) is 36.5 Å². The predicted molar refractivity (Wildman–Crippen MR) is 87.7 cm³/mol. The van der Waals surface area contributed by atoms with Gasteiger partial charge in [0.05, 0.1) is 0 Å². The van der Waals surface area contributed by atoms with Gasteiger partial charge in [-0.25, -0.2) is 0 Å². The SMILES string of the molecule is S=C(NNc1cc2ccccc2[nH]1)Nc1ccccc1. The maximum atomic E-state index is 5.22. The fourth-order valence-corrected chi connectivity index (χ4v) is 2.12. The molecule has 0 fully saturated rings. The van der Waals surface area contributed by atoms with E-state index in [0.29, 0.717) is 5.11 Å². The van der Waals surface area contributed by atoms with Gasteiger partial charge in [0.15, 0.2) is 5.11 Å². The second-order valence-corrected chi connectivity index (χ2v) is 4.75. The summed E-state index contributed by atoms with van der Waals surface area (Å²) in [6.07, 6.45) is 0. The number of anilines is 2. The lowest BCUT2D eigenvalue weighted by molar-refractivity contribution is 1.11. The Morgan fingerprint density at radius 2 is 1.70 bits per heavy atom. The van der Waals surface area contributed by atoms with Crippen LogP contribution in [-0.2, 0) is 0 Å². The molecular formula is C15H14N4S. The van der Waals surface area contributed by atoms with E-state index in [9.17, 15) is 0 Å². The second-order valence-electron chi connectivity index (χ2n) is 4.34. The Labute approximate surface area is 122 Å². The van der Waals surface area contributed by atoms with E-state index in [0.717, 1.165) is 22.4 Å². The largest absolute Gasteiger partial charge is 0.340 e. The minimum Gasteiger partial charge on any atom is -0.340 e. The zero-order valence-electron chi connectivity index (χ0n) is 10.7. The number of thiocarbonyl (C=S) groups is 1. The molecule has 4 N–H and O–H groups in total. The van der Waals surface area contributed by atoms with Crippen molar-refractivity contribution in [3.05, 3.63) is 60.7 Å². The fourth-order valence-electron chi connectivity index (χ4n) is 1.95. The number of H-pyrrole nitrogens is 1. The van der Waals surface area contributed by atoms with Crippen LogP contribution in [0.2, 0.25) is 0 Å². The molecule has 0 saturated carbocycles. The molecule has 1 aromatic heterocycles. The lowest BCUT2D eigenvalue weighted by Gasteiger charge is -2.11. The van der Waals surface area contributed by atoms with Gasteiger partial charge in [-0.2, -0.15) is 0 Å². The summed E-state index contributed by atoms with van der Waals surface area (Å²) >= 11 is 5.22. The Morgan fingerprint density at radius 1 is 0.950 bits per heavy atom. The fraction of sp³-hybridized carbons (Fsp3) is 0. The molecule has 20 heavy (non-hydrogen) atoms. The highest BCUT2D eigenvalue weighted by atomic mass is 32.1. The molecule has 0 aliphatic heterocycles. The van der Waals surface area contributed by atoms with Crippen molar-refractivity contribution >= 4 is 39.7 Å². The third-order valence-electron chi connectivity index (χ3n) is 2.87. The smallest absolute Gasteiger partial charge is 0.189 e. The van der Waals surface area contributed by atoms with Crippen molar-refractivity contribution in [3.8, 4) is 0 Å². The van der Waals surface area contributed by atoms with Crippen molar-refractivity contribution in [2.75, 3.05) is 10.7 Å². The highest BCUT2D eigenvalue weighted by Crippen LogP contribution is 2.17. The van der Waals surface area contributed by atoms with Crippen LogP contribution in [0.4, 0.5) is 11.5 Å². The van der Waals surface area contributed by atoms with E-state index in [4.69, 9.17) is 12.2 Å². The molecule has 0 aliphatic rings. The lowest BCUT2D eigenvalue weighted by atomic mass is 10.2. The van der Waals surface area contributed by atoms with Crippen molar-refractivity contribution in [2.45, 2.75) is 0 Å². The monoisotopic (exact) mass is 282 g/mol. The van der Waals surface area contributed by atoms with E-state index in [1.54, 1.807) is 0 Å². The van der Waals surface area contributed by atoms with Crippen LogP contribution in [-0.4, -0.2) is 10.1 Å². The van der Waals surface area contributed by atoms with Crippen molar-refractivity contribution < 1.29 is 0 Å². The van der Waals surface area contributed by atoms with Crippen LogP contribution in [0.25, 0.3) is 10.9 Å². The molecule has 0 bridgehead atoms. The van der Waals surface area contributed by atoms with Gasteiger partial charge < -0.3 is 10.3 Å². The number of fused-ring (bicyclic) bond motifs is 1. The van der Waals surface area contributed by atoms with Gasteiger partial charge in [0, 0.05) is 16.6 Å². The summed E-state index contributed by atoms with van der Waals surface area (Å²) in [7, 11) is 0. The molecule has 0 amide bonds. The molecule has 0 saturated heterocycles. The Bertz CT molecular complexity index is 688. The highest BCUT2D eigenvalue weighted by Gasteiger charge is 2.00. The van der Waals surface area contributed by atoms with Crippen LogP contribution in [0, 0.1) is 0 Å². The summed E-state index contributed by atoms with van der Waals surface area (Å²) < 4.78 is 0. The molecule has 0 radical (unpaired) electrons. The predicted octanol–water partition coefficient (Wildman–Crippen LogP) is 3.48. The van der Waals surface area contributed by atoms with E-state index in [1.165, 1.54) is 0 Å². The van der Waals surface area contributed by atoms with Gasteiger partial charge in [0.25, 0.3) is 0 Å². The zero-order chi connectivity index (χ0) is 13.8. The van der Waals surface area contributed by atoms with Crippen LogP contribution in [0.5, 0.6) is 0 Å². The molecule has 4 nitrogen and oxygen atoms in total. The Morgan fingerprint density at radius 3 is 2.50 bits per heavy atom.